The number of anilines is 2. The fourth-order valence-corrected chi connectivity index (χ4v) is 4.51. The lowest BCUT2D eigenvalue weighted by atomic mass is 10.1. The molecule has 8 nitrogen and oxygen atoms in total. The number of aromatic nitrogens is 5. The van der Waals surface area contributed by atoms with Crippen LogP contribution >= 0.6 is 0 Å². The SMILES string of the molecule is CN(C)c1ccc(-c2nc3c4ncn(CCN5CCCC5)c4ncn3c2NC(C)(C)C)cc1. The summed E-state index contributed by atoms with van der Waals surface area (Å²) in [5.41, 5.74) is 5.58. The van der Waals surface area contributed by atoms with Gasteiger partial charge in [-0.1, -0.05) is 12.1 Å². The second kappa shape index (κ2) is 8.33. The van der Waals surface area contributed by atoms with Gasteiger partial charge < -0.3 is 19.7 Å². The van der Waals surface area contributed by atoms with Crippen LogP contribution in [0.1, 0.15) is 33.6 Å². The Kier molecular flexibility index (Phi) is 5.48. The molecule has 3 aromatic heterocycles. The van der Waals surface area contributed by atoms with Crippen LogP contribution in [-0.2, 0) is 6.54 Å². The zero-order valence-corrected chi connectivity index (χ0v) is 20.3. The summed E-state index contributed by atoms with van der Waals surface area (Å²) in [5, 5.41) is 3.65. The number of rotatable bonds is 6. The van der Waals surface area contributed by atoms with Crippen LogP contribution in [0, 0.1) is 0 Å². The Morgan fingerprint density at radius 2 is 1.67 bits per heavy atom. The molecule has 5 rings (SSSR count). The first kappa shape index (κ1) is 21.7. The molecule has 0 radical (unpaired) electrons. The second-order valence-electron chi connectivity index (χ2n) is 10.2. The van der Waals surface area contributed by atoms with Crippen LogP contribution in [0.2, 0.25) is 0 Å². The largest absolute Gasteiger partial charge is 0.378 e. The Morgan fingerprint density at radius 3 is 2.33 bits per heavy atom. The van der Waals surface area contributed by atoms with Crippen molar-refractivity contribution in [2.24, 2.45) is 0 Å². The third kappa shape index (κ3) is 4.27. The van der Waals surface area contributed by atoms with Crippen molar-refractivity contribution in [2.45, 2.75) is 45.7 Å². The number of nitrogens with zero attached hydrogens (tertiary/aromatic N) is 7. The number of imidazole rings is 2. The zero-order valence-electron chi connectivity index (χ0n) is 20.3. The van der Waals surface area contributed by atoms with Gasteiger partial charge in [0.2, 0.25) is 0 Å². The molecule has 4 heterocycles. The van der Waals surface area contributed by atoms with Gasteiger partial charge in [-0.25, -0.2) is 15.0 Å². The van der Waals surface area contributed by atoms with Gasteiger partial charge in [-0.2, -0.15) is 0 Å². The first-order chi connectivity index (χ1) is 15.8. The second-order valence-corrected chi connectivity index (χ2v) is 10.2. The molecule has 8 heteroatoms. The highest BCUT2D eigenvalue weighted by atomic mass is 15.2. The Morgan fingerprint density at radius 1 is 0.939 bits per heavy atom. The molecule has 1 aromatic carbocycles. The predicted octanol–water partition coefficient (Wildman–Crippen LogP) is 4.12. The molecule has 174 valence electrons. The summed E-state index contributed by atoms with van der Waals surface area (Å²) >= 11 is 0. The molecule has 1 aliphatic heterocycles. The van der Waals surface area contributed by atoms with E-state index in [1.807, 2.05) is 17.1 Å². The number of likely N-dealkylation sites (tertiary alicyclic amines) is 1. The Hall–Kier alpha value is -3.13. The molecule has 0 spiro atoms. The molecular formula is C25H34N8. The van der Waals surface area contributed by atoms with E-state index < -0.39 is 0 Å². The maximum Gasteiger partial charge on any atom is 0.170 e. The first-order valence-electron chi connectivity index (χ1n) is 11.8. The van der Waals surface area contributed by atoms with Crippen LogP contribution in [0.25, 0.3) is 28.1 Å². The van der Waals surface area contributed by atoms with E-state index in [1.54, 1.807) is 0 Å². The molecule has 0 bridgehead atoms. The van der Waals surface area contributed by atoms with E-state index in [2.05, 4.69) is 78.8 Å². The van der Waals surface area contributed by atoms with Gasteiger partial charge in [0.15, 0.2) is 16.8 Å². The van der Waals surface area contributed by atoms with Crippen molar-refractivity contribution in [2.75, 3.05) is 43.9 Å². The lowest BCUT2D eigenvalue weighted by molar-refractivity contribution is 0.324. The van der Waals surface area contributed by atoms with Gasteiger partial charge in [0.25, 0.3) is 0 Å². The Balaban J connectivity index is 1.58. The topological polar surface area (TPSA) is 66.5 Å². The molecule has 0 saturated carbocycles. The van der Waals surface area contributed by atoms with Crippen LogP contribution in [0.4, 0.5) is 11.5 Å². The molecule has 4 aromatic rings. The van der Waals surface area contributed by atoms with Crippen molar-refractivity contribution >= 4 is 28.3 Å². The van der Waals surface area contributed by atoms with E-state index in [9.17, 15) is 0 Å². The van der Waals surface area contributed by atoms with Crippen LogP contribution in [0.5, 0.6) is 0 Å². The molecule has 0 amide bonds. The average Bonchev–Trinajstić information content (AvgIpc) is 3.50. The smallest absolute Gasteiger partial charge is 0.170 e. The maximum atomic E-state index is 5.08. The van der Waals surface area contributed by atoms with E-state index in [-0.39, 0.29) is 5.54 Å². The quantitative estimate of drug-likeness (QED) is 0.481. The first-order valence-corrected chi connectivity index (χ1v) is 11.8. The summed E-state index contributed by atoms with van der Waals surface area (Å²) in [5.74, 6) is 0.941. The molecule has 33 heavy (non-hydrogen) atoms. The molecule has 1 aliphatic rings. The van der Waals surface area contributed by atoms with E-state index >= 15 is 0 Å². The fraction of sp³-hybridized carbons (Fsp3) is 0.480. The number of benzene rings is 1. The molecular weight excluding hydrogens is 412 g/mol. The number of hydrogen-bond donors (Lipinski definition) is 1. The van der Waals surface area contributed by atoms with Crippen molar-refractivity contribution in [3.63, 3.8) is 0 Å². The van der Waals surface area contributed by atoms with Gasteiger partial charge in [0.05, 0.1) is 6.33 Å². The molecule has 0 aliphatic carbocycles. The fourth-order valence-electron chi connectivity index (χ4n) is 4.51. The Labute approximate surface area is 195 Å². The van der Waals surface area contributed by atoms with Gasteiger partial charge in [-0.05, 0) is 58.8 Å². The van der Waals surface area contributed by atoms with Crippen molar-refractivity contribution < 1.29 is 0 Å². The third-order valence-electron chi connectivity index (χ3n) is 6.23. The van der Waals surface area contributed by atoms with E-state index in [0.717, 1.165) is 52.7 Å². The number of fused-ring (bicyclic) bond motifs is 3. The van der Waals surface area contributed by atoms with E-state index in [1.165, 1.54) is 25.9 Å². The normalized spacial score (nSPS) is 15.1. The third-order valence-corrected chi connectivity index (χ3v) is 6.23. The van der Waals surface area contributed by atoms with Crippen molar-refractivity contribution in [1.29, 1.82) is 0 Å². The molecule has 1 N–H and O–H groups in total. The molecule has 1 fully saturated rings. The highest BCUT2D eigenvalue weighted by molar-refractivity contribution is 5.90. The van der Waals surface area contributed by atoms with Crippen molar-refractivity contribution in [3.8, 4) is 11.3 Å². The van der Waals surface area contributed by atoms with Gasteiger partial charge in [0.1, 0.15) is 17.8 Å². The van der Waals surface area contributed by atoms with Crippen LogP contribution in [0.3, 0.4) is 0 Å². The predicted molar refractivity (Wildman–Crippen MR) is 135 cm³/mol. The van der Waals surface area contributed by atoms with Gasteiger partial charge >= 0.3 is 0 Å². The lowest BCUT2D eigenvalue weighted by Crippen LogP contribution is -2.27. The van der Waals surface area contributed by atoms with Crippen molar-refractivity contribution in [3.05, 3.63) is 36.9 Å². The average molecular weight is 447 g/mol. The minimum atomic E-state index is -0.127. The summed E-state index contributed by atoms with van der Waals surface area (Å²) in [6.07, 6.45) is 6.40. The molecule has 1 saturated heterocycles. The number of hydrogen-bond acceptors (Lipinski definition) is 6. The summed E-state index contributed by atoms with van der Waals surface area (Å²) in [4.78, 5) is 19.2. The maximum absolute atomic E-state index is 5.08. The summed E-state index contributed by atoms with van der Waals surface area (Å²) < 4.78 is 4.20. The molecule has 0 unspecified atom stereocenters. The van der Waals surface area contributed by atoms with Gasteiger partial charge in [-0.15, -0.1) is 0 Å². The zero-order chi connectivity index (χ0) is 23.2. The standard InChI is InChI=1S/C25H34N8/c1-25(2,3)29-24-20(18-8-10-19(11-9-18)30(4)5)28-23-21-22(27-17-33(23)24)32(16-26-21)15-14-31-12-6-7-13-31/h8-11,16-17,29H,6-7,12-15H2,1-5H3. The molecule has 0 atom stereocenters. The highest BCUT2D eigenvalue weighted by Gasteiger charge is 2.22. The minimum Gasteiger partial charge on any atom is -0.378 e. The number of nitrogens with one attached hydrogen (secondary N) is 1. The summed E-state index contributed by atoms with van der Waals surface area (Å²) in [6.45, 7) is 10.8. The summed E-state index contributed by atoms with van der Waals surface area (Å²) in [7, 11) is 4.10. The van der Waals surface area contributed by atoms with E-state index in [4.69, 9.17) is 15.0 Å². The Bertz CT molecular complexity index is 1250. The van der Waals surface area contributed by atoms with Crippen LogP contribution in [0.15, 0.2) is 36.9 Å². The van der Waals surface area contributed by atoms with Crippen LogP contribution in [-0.4, -0.2) is 68.1 Å². The minimum absolute atomic E-state index is 0.127. The lowest BCUT2D eigenvalue weighted by Gasteiger charge is -2.22. The van der Waals surface area contributed by atoms with Crippen LogP contribution < -0.4 is 10.2 Å². The van der Waals surface area contributed by atoms with E-state index in [0.29, 0.717) is 0 Å². The highest BCUT2D eigenvalue weighted by Crippen LogP contribution is 2.33. The van der Waals surface area contributed by atoms with Crippen molar-refractivity contribution in [1.82, 2.24) is 28.8 Å². The monoisotopic (exact) mass is 446 g/mol. The summed E-state index contributed by atoms with van der Waals surface area (Å²) in [6, 6.07) is 8.51. The van der Waals surface area contributed by atoms with Gasteiger partial charge in [-0.3, -0.25) is 4.40 Å². The van der Waals surface area contributed by atoms with Gasteiger partial charge in [0, 0.05) is 44.0 Å².